The van der Waals surface area contributed by atoms with Crippen LogP contribution in [0, 0.1) is 5.82 Å². The van der Waals surface area contributed by atoms with E-state index in [0.29, 0.717) is 47.2 Å². The molecule has 0 aromatic heterocycles. The van der Waals surface area contributed by atoms with E-state index in [9.17, 15) is 9.18 Å². The normalized spacial score (nSPS) is 13.1. The molecule has 0 aliphatic carbocycles. The quantitative estimate of drug-likeness (QED) is 0.243. The Kier molecular flexibility index (Phi) is 6.38. The van der Waals surface area contributed by atoms with Crippen molar-refractivity contribution in [1.82, 2.24) is 4.90 Å². The van der Waals surface area contributed by atoms with Crippen LogP contribution in [0.4, 0.5) is 4.39 Å². The standard InChI is InChI=1S/C30H28FNO5/c1-32-13-12-20-21-11-8-18-14-25(34-2)26(35-3)16-22(18)27(21)30(37-5)29(36-4)23(20)15-24(32)28(33)17-6-9-19(31)10-7-17/h6-11,14-16H,12-13H2,1-5H3. The predicted octanol–water partition coefficient (Wildman–Crippen LogP) is 5.88. The zero-order valence-corrected chi connectivity index (χ0v) is 21.5. The molecule has 0 radical (unpaired) electrons. The van der Waals surface area contributed by atoms with Crippen LogP contribution in [0.5, 0.6) is 23.0 Å². The van der Waals surface area contributed by atoms with Gasteiger partial charge in [-0.25, -0.2) is 4.39 Å². The number of likely N-dealkylation sites (N-methyl/N-ethyl adjacent to an activating group) is 1. The number of halogens is 1. The molecule has 1 aliphatic heterocycles. The van der Waals surface area contributed by atoms with Crippen molar-refractivity contribution in [2.45, 2.75) is 6.42 Å². The van der Waals surface area contributed by atoms with E-state index in [2.05, 4.69) is 12.1 Å². The molecular formula is C30H28FNO5. The van der Waals surface area contributed by atoms with Gasteiger partial charge < -0.3 is 23.8 Å². The fraction of sp³-hybridized carbons (Fsp3) is 0.233. The number of rotatable bonds is 6. The van der Waals surface area contributed by atoms with Gasteiger partial charge >= 0.3 is 0 Å². The van der Waals surface area contributed by atoms with Gasteiger partial charge in [-0.2, -0.15) is 0 Å². The van der Waals surface area contributed by atoms with Crippen LogP contribution in [0.25, 0.3) is 27.6 Å². The first-order valence-electron chi connectivity index (χ1n) is 11.9. The lowest BCUT2D eigenvalue weighted by Gasteiger charge is -2.20. The molecule has 1 heterocycles. The zero-order valence-electron chi connectivity index (χ0n) is 21.5. The van der Waals surface area contributed by atoms with Crippen LogP contribution in [-0.4, -0.2) is 52.7 Å². The fourth-order valence-electron chi connectivity index (χ4n) is 5.12. The molecule has 0 saturated carbocycles. The average molecular weight is 502 g/mol. The van der Waals surface area contributed by atoms with Crippen LogP contribution < -0.4 is 18.9 Å². The molecule has 0 bridgehead atoms. The summed E-state index contributed by atoms with van der Waals surface area (Å²) >= 11 is 0. The van der Waals surface area contributed by atoms with E-state index in [1.54, 1.807) is 28.4 Å². The first-order chi connectivity index (χ1) is 17.9. The summed E-state index contributed by atoms with van der Waals surface area (Å²) in [5.74, 6) is 1.81. The van der Waals surface area contributed by atoms with Gasteiger partial charge in [0.1, 0.15) is 5.82 Å². The van der Waals surface area contributed by atoms with Crippen LogP contribution in [0.3, 0.4) is 0 Å². The summed E-state index contributed by atoms with van der Waals surface area (Å²) in [6.07, 6.45) is 2.53. The predicted molar refractivity (Wildman–Crippen MR) is 143 cm³/mol. The number of nitrogens with zero attached hydrogens (tertiary/aromatic N) is 1. The maximum Gasteiger partial charge on any atom is 0.209 e. The Morgan fingerprint density at radius 2 is 1.51 bits per heavy atom. The second kappa shape index (κ2) is 9.65. The molecule has 0 spiro atoms. The monoisotopic (exact) mass is 501 g/mol. The van der Waals surface area contributed by atoms with Crippen molar-refractivity contribution in [3.05, 3.63) is 76.7 Å². The molecule has 1 aliphatic rings. The van der Waals surface area contributed by atoms with Crippen LogP contribution in [0.15, 0.2) is 54.2 Å². The lowest BCUT2D eigenvalue weighted by atomic mass is 9.91. The van der Waals surface area contributed by atoms with Gasteiger partial charge in [0.05, 0.1) is 34.1 Å². The molecule has 0 N–H and O–H groups in total. The fourth-order valence-corrected chi connectivity index (χ4v) is 5.12. The molecule has 4 aromatic rings. The molecular weight excluding hydrogens is 473 g/mol. The third-order valence-electron chi connectivity index (χ3n) is 6.99. The molecule has 6 nitrogen and oxygen atoms in total. The van der Waals surface area contributed by atoms with Crippen LogP contribution in [0.1, 0.15) is 21.5 Å². The summed E-state index contributed by atoms with van der Waals surface area (Å²) in [5, 5.41) is 3.82. The van der Waals surface area contributed by atoms with Gasteiger partial charge in [-0.3, -0.25) is 4.79 Å². The Labute approximate surface area is 214 Å². The third kappa shape index (κ3) is 4.00. The Balaban J connectivity index is 1.82. The minimum Gasteiger partial charge on any atom is -0.493 e. The summed E-state index contributed by atoms with van der Waals surface area (Å²) in [6, 6.07) is 13.6. The van der Waals surface area contributed by atoms with E-state index in [1.165, 1.54) is 24.3 Å². The Morgan fingerprint density at radius 1 is 0.838 bits per heavy atom. The molecule has 0 unspecified atom stereocenters. The SMILES string of the molecule is COc1cc2ccc3c4c(c(OC)c(OC)c3c2cc1OC)C=C(C(=O)c1ccc(F)cc1)N(C)CC4. The highest BCUT2D eigenvalue weighted by Crippen LogP contribution is 2.48. The number of carbonyl (C=O) groups excluding carboxylic acids is 1. The number of hydrogen-bond acceptors (Lipinski definition) is 6. The Morgan fingerprint density at radius 3 is 2.16 bits per heavy atom. The van der Waals surface area contributed by atoms with Gasteiger partial charge in [0.15, 0.2) is 23.0 Å². The van der Waals surface area contributed by atoms with Crippen LogP contribution in [-0.2, 0) is 6.42 Å². The van der Waals surface area contributed by atoms with Crippen molar-refractivity contribution >= 4 is 33.4 Å². The maximum absolute atomic E-state index is 13.5. The average Bonchev–Trinajstić information content (AvgIpc) is 3.10. The highest BCUT2D eigenvalue weighted by Gasteiger charge is 2.27. The van der Waals surface area contributed by atoms with Gasteiger partial charge in [-0.1, -0.05) is 12.1 Å². The minimum atomic E-state index is -0.385. The number of hydrogen-bond donors (Lipinski definition) is 0. The molecule has 4 aromatic carbocycles. The lowest BCUT2D eigenvalue weighted by molar-refractivity contribution is 0.100. The summed E-state index contributed by atoms with van der Waals surface area (Å²) in [5.41, 5.74) is 2.76. The third-order valence-corrected chi connectivity index (χ3v) is 6.99. The van der Waals surface area contributed by atoms with Crippen molar-refractivity contribution in [2.75, 3.05) is 42.0 Å². The van der Waals surface area contributed by atoms with Gasteiger partial charge in [0, 0.05) is 30.1 Å². The molecule has 0 atom stereocenters. The molecule has 0 fully saturated rings. The van der Waals surface area contributed by atoms with Crippen molar-refractivity contribution in [1.29, 1.82) is 0 Å². The maximum atomic E-state index is 13.5. The van der Waals surface area contributed by atoms with Gasteiger partial charge in [-0.05, 0) is 70.6 Å². The largest absolute Gasteiger partial charge is 0.493 e. The number of ether oxygens (including phenoxy) is 4. The van der Waals surface area contributed by atoms with Crippen molar-refractivity contribution < 1.29 is 28.1 Å². The molecule has 37 heavy (non-hydrogen) atoms. The van der Waals surface area contributed by atoms with E-state index >= 15 is 0 Å². The highest BCUT2D eigenvalue weighted by atomic mass is 19.1. The molecule has 0 amide bonds. The van der Waals surface area contributed by atoms with Gasteiger partial charge in [0.2, 0.25) is 5.78 Å². The molecule has 190 valence electrons. The minimum absolute atomic E-state index is 0.188. The zero-order chi connectivity index (χ0) is 26.3. The summed E-state index contributed by atoms with van der Waals surface area (Å²) in [6.45, 7) is 0.611. The number of Topliss-reactive ketones (excluding diaryl/α,β-unsaturated/α-hetero) is 1. The summed E-state index contributed by atoms with van der Waals surface area (Å²) < 4.78 is 36.5. The first-order valence-corrected chi connectivity index (χ1v) is 11.9. The van der Waals surface area contributed by atoms with E-state index in [-0.39, 0.29) is 11.6 Å². The van der Waals surface area contributed by atoms with E-state index < -0.39 is 0 Å². The number of allylic oxidation sites excluding steroid dienone is 1. The number of benzene rings is 4. The number of fused-ring (bicyclic) bond motifs is 5. The topological polar surface area (TPSA) is 57.2 Å². The number of carbonyl (C=O) groups is 1. The van der Waals surface area contributed by atoms with Crippen molar-refractivity contribution in [3.8, 4) is 23.0 Å². The molecule has 7 heteroatoms. The number of ketones is 1. The lowest BCUT2D eigenvalue weighted by Crippen LogP contribution is -2.24. The second-order valence-electron chi connectivity index (χ2n) is 8.91. The van der Waals surface area contributed by atoms with E-state index in [1.807, 2.05) is 30.2 Å². The van der Waals surface area contributed by atoms with Crippen LogP contribution in [0.2, 0.25) is 0 Å². The van der Waals surface area contributed by atoms with Crippen molar-refractivity contribution in [2.24, 2.45) is 0 Å². The first kappa shape index (κ1) is 24.4. The number of methoxy groups -OCH3 is 4. The van der Waals surface area contributed by atoms with Crippen LogP contribution >= 0.6 is 0 Å². The second-order valence-corrected chi connectivity index (χ2v) is 8.91. The molecule has 5 rings (SSSR count). The Hall–Kier alpha value is -4.26. The van der Waals surface area contributed by atoms with Gasteiger partial charge in [0.25, 0.3) is 0 Å². The summed E-state index contributed by atoms with van der Waals surface area (Å²) in [4.78, 5) is 15.4. The smallest absolute Gasteiger partial charge is 0.209 e. The van der Waals surface area contributed by atoms with E-state index in [4.69, 9.17) is 18.9 Å². The highest BCUT2D eigenvalue weighted by molar-refractivity contribution is 6.16. The van der Waals surface area contributed by atoms with Gasteiger partial charge in [-0.15, -0.1) is 0 Å². The Bertz CT molecular complexity index is 1560. The summed E-state index contributed by atoms with van der Waals surface area (Å²) in [7, 11) is 8.32. The molecule has 0 saturated heterocycles. The van der Waals surface area contributed by atoms with Crippen molar-refractivity contribution in [3.63, 3.8) is 0 Å². The van der Waals surface area contributed by atoms with E-state index in [0.717, 1.165) is 32.7 Å².